The Bertz CT molecular complexity index is 714. The maximum absolute atomic E-state index is 11.4. The fourth-order valence-electron chi connectivity index (χ4n) is 1.80. The lowest BCUT2D eigenvalue weighted by Gasteiger charge is -2.12. The van der Waals surface area contributed by atoms with Gasteiger partial charge in [0, 0.05) is 12.3 Å². The molecular formula is C16H17N3O3. The summed E-state index contributed by atoms with van der Waals surface area (Å²) in [7, 11) is 1.50. The van der Waals surface area contributed by atoms with E-state index in [9.17, 15) is 4.79 Å². The number of nitrogens with zero attached hydrogens (tertiary/aromatic N) is 1. The molecule has 2 aromatic rings. The number of carbonyl (C=O) groups excluding carboxylic acids is 1. The number of nitrogens with one attached hydrogen (secondary N) is 1. The molecule has 3 N–H and O–H groups in total. The van der Waals surface area contributed by atoms with Crippen LogP contribution >= 0.6 is 0 Å². The Hall–Kier alpha value is -3.02. The average Bonchev–Trinajstić information content (AvgIpc) is 2.51. The van der Waals surface area contributed by atoms with Gasteiger partial charge >= 0.3 is 0 Å². The molecule has 1 aromatic carbocycles. The van der Waals surface area contributed by atoms with Gasteiger partial charge in [-0.15, -0.1) is 0 Å². The first-order chi connectivity index (χ1) is 10.5. The van der Waals surface area contributed by atoms with Gasteiger partial charge in [-0.25, -0.2) is 4.98 Å². The quantitative estimate of drug-likeness (QED) is 0.829. The molecule has 1 amide bonds. The highest BCUT2D eigenvalue weighted by Gasteiger charge is 2.09. The van der Waals surface area contributed by atoms with E-state index >= 15 is 0 Å². The largest absolute Gasteiger partial charge is 0.494 e. The van der Waals surface area contributed by atoms with Crippen LogP contribution in [-0.4, -0.2) is 18.0 Å². The van der Waals surface area contributed by atoms with E-state index in [1.807, 2.05) is 6.92 Å². The maximum atomic E-state index is 11.4. The number of aryl methyl sites for hydroxylation is 1. The molecule has 0 atom stereocenters. The second kappa shape index (κ2) is 6.62. The predicted octanol–water partition coefficient (Wildman–Crippen LogP) is 2.90. The fourth-order valence-corrected chi connectivity index (χ4v) is 1.80. The van der Waals surface area contributed by atoms with Gasteiger partial charge in [-0.3, -0.25) is 4.79 Å². The lowest BCUT2D eigenvalue weighted by Crippen LogP contribution is -2.08. The zero-order chi connectivity index (χ0) is 16.1. The molecule has 0 aliphatic carbocycles. The minimum Gasteiger partial charge on any atom is -0.494 e. The van der Waals surface area contributed by atoms with E-state index in [4.69, 9.17) is 15.2 Å². The summed E-state index contributed by atoms with van der Waals surface area (Å²) < 4.78 is 10.9. The Labute approximate surface area is 128 Å². The first kappa shape index (κ1) is 15.4. The summed E-state index contributed by atoms with van der Waals surface area (Å²) in [4.78, 5) is 15.5. The van der Waals surface area contributed by atoms with Crippen LogP contribution in [0.5, 0.6) is 17.4 Å². The number of amides is 1. The third-order valence-corrected chi connectivity index (χ3v) is 2.85. The molecule has 0 bridgehead atoms. The third-order valence-electron chi connectivity index (χ3n) is 2.85. The first-order valence-corrected chi connectivity index (χ1v) is 6.55. The SMILES string of the molecule is C=CC(=O)Nc1ccc(Oc2ncc(C)cc2N)cc1OC. The topological polar surface area (TPSA) is 86.5 Å². The number of hydrogen-bond acceptors (Lipinski definition) is 5. The molecule has 2 rings (SSSR count). The van der Waals surface area contributed by atoms with Crippen molar-refractivity contribution in [2.45, 2.75) is 6.92 Å². The second-order valence-electron chi connectivity index (χ2n) is 4.56. The molecule has 0 saturated carbocycles. The second-order valence-corrected chi connectivity index (χ2v) is 4.56. The molecule has 0 aliphatic heterocycles. The predicted molar refractivity (Wildman–Crippen MR) is 85.3 cm³/mol. The smallest absolute Gasteiger partial charge is 0.247 e. The van der Waals surface area contributed by atoms with E-state index in [-0.39, 0.29) is 5.91 Å². The highest BCUT2D eigenvalue weighted by molar-refractivity contribution is 5.99. The number of benzene rings is 1. The van der Waals surface area contributed by atoms with Crippen LogP contribution in [0.3, 0.4) is 0 Å². The highest BCUT2D eigenvalue weighted by Crippen LogP contribution is 2.32. The summed E-state index contributed by atoms with van der Waals surface area (Å²) in [6.45, 7) is 5.30. The normalized spacial score (nSPS) is 9.91. The zero-order valence-corrected chi connectivity index (χ0v) is 12.4. The molecule has 0 aliphatic rings. The van der Waals surface area contributed by atoms with Crippen molar-refractivity contribution in [2.75, 3.05) is 18.2 Å². The Balaban J connectivity index is 2.25. The minimum absolute atomic E-state index is 0.315. The number of pyridine rings is 1. The molecule has 0 fully saturated rings. The number of ether oxygens (including phenoxy) is 2. The molecule has 0 radical (unpaired) electrons. The number of nitrogens with two attached hydrogens (primary N) is 1. The number of nitrogen functional groups attached to an aromatic ring is 1. The number of aromatic nitrogens is 1. The van der Waals surface area contributed by atoms with Crippen LogP contribution in [-0.2, 0) is 4.79 Å². The van der Waals surface area contributed by atoms with Crippen molar-refractivity contribution in [2.24, 2.45) is 0 Å². The summed E-state index contributed by atoms with van der Waals surface area (Å²) in [6, 6.07) is 6.76. The van der Waals surface area contributed by atoms with Gasteiger partial charge in [-0.1, -0.05) is 6.58 Å². The van der Waals surface area contributed by atoms with Gasteiger partial charge in [0.25, 0.3) is 0 Å². The lowest BCUT2D eigenvalue weighted by atomic mass is 10.2. The van der Waals surface area contributed by atoms with Gasteiger partial charge in [-0.05, 0) is 36.8 Å². The third kappa shape index (κ3) is 3.54. The number of hydrogen-bond donors (Lipinski definition) is 2. The van der Waals surface area contributed by atoms with Crippen LogP contribution in [0.25, 0.3) is 0 Å². The van der Waals surface area contributed by atoms with E-state index in [0.717, 1.165) is 5.56 Å². The summed E-state index contributed by atoms with van der Waals surface area (Å²) in [5.41, 5.74) is 7.78. The van der Waals surface area contributed by atoms with Crippen LogP contribution in [0.2, 0.25) is 0 Å². The van der Waals surface area contributed by atoms with Crippen LogP contribution in [0.15, 0.2) is 43.1 Å². The number of anilines is 2. The number of carbonyl (C=O) groups is 1. The number of rotatable bonds is 5. The van der Waals surface area contributed by atoms with Crippen molar-refractivity contribution < 1.29 is 14.3 Å². The van der Waals surface area contributed by atoms with Gasteiger partial charge in [0.1, 0.15) is 11.5 Å². The van der Waals surface area contributed by atoms with Crippen molar-refractivity contribution in [3.63, 3.8) is 0 Å². The monoisotopic (exact) mass is 299 g/mol. The van der Waals surface area contributed by atoms with Crippen LogP contribution in [0, 0.1) is 6.92 Å². The molecule has 1 heterocycles. The summed E-state index contributed by atoms with van der Waals surface area (Å²) >= 11 is 0. The van der Waals surface area contributed by atoms with E-state index in [1.165, 1.54) is 13.2 Å². The Morgan fingerprint density at radius 1 is 1.41 bits per heavy atom. The van der Waals surface area contributed by atoms with Crippen LogP contribution in [0.4, 0.5) is 11.4 Å². The average molecular weight is 299 g/mol. The van der Waals surface area contributed by atoms with Gasteiger partial charge < -0.3 is 20.5 Å². The Morgan fingerprint density at radius 3 is 2.82 bits per heavy atom. The molecule has 1 aromatic heterocycles. The molecule has 6 nitrogen and oxygen atoms in total. The van der Waals surface area contributed by atoms with E-state index in [2.05, 4.69) is 16.9 Å². The molecule has 0 unspecified atom stereocenters. The molecule has 0 saturated heterocycles. The zero-order valence-electron chi connectivity index (χ0n) is 12.4. The first-order valence-electron chi connectivity index (χ1n) is 6.55. The Morgan fingerprint density at radius 2 is 2.18 bits per heavy atom. The van der Waals surface area contributed by atoms with Gasteiger partial charge in [0.15, 0.2) is 0 Å². The van der Waals surface area contributed by atoms with Crippen LogP contribution in [0.1, 0.15) is 5.56 Å². The summed E-state index contributed by atoms with van der Waals surface area (Å²) in [6.07, 6.45) is 2.85. The van der Waals surface area contributed by atoms with Crippen molar-refractivity contribution in [1.82, 2.24) is 4.98 Å². The van der Waals surface area contributed by atoms with Crippen LogP contribution < -0.4 is 20.5 Å². The van der Waals surface area contributed by atoms with Crippen molar-refractivity contribution >= 4 is 17.3 Å². The van der Waals surface area contributed by atoms with E-state index in [1.54, 1.807) is 30.5 Å². The van der Waals surface area contributed by atoms with Crippen molar-refractivity contribution in [3.8, 4) is 17.4 Å². The van der Waals surface area contributed by atoms with Gasteiger partial charge in [0.2, 0.25) is 11.8 Å². The van der Waals surface area contributed by atoms with E-state index < -0.39 is 0 Å². The Kier molecular flexibility index (Phi) is 4.63. The summed E-state index contributed by atoms with van der Waals surface area (Å²) in [5.74, 6) is 0.946. The minimum atomic E-state index is -0.323. The molecular weight excluding hydrogens is 282 g/mol. The van der Waals surface area contributed by atoms with Gasteiger partial charge in [-0.2, -0.15) is 0 Å². The standard InChI is InChI=1S/C16H17N3O3/c1-4-15(20)19-13-6-5-11(8-14(13)21-3)22-16-12(17)7-10(2)9-18-16/h4-9H,1,17H2,2-3H3,(H,19,20). The molecule has 6 heteroatoms. The molecule has 22 heavy (non-hydrogen) atoms. The maximum Gasteiger partial charge on any atom is 0.247 e. The van der Waals surface area contributed by atoms with Crippen molar-refractivity contribution in [1.29, 1.82) is 0 Å². The highest BCUT2D eigenvalue weighted by atomic mass is 16.5. The molecule has 0 spiro atoms. The fraction of sp³-hybridized carbons (Fsp3) is 0.125. The van der Waals surface area contributed by atoms with E-state index in [0.29, 0.717) is 28.8 Å². The molecule has 114 valence electrons. The van der Waals surface area contributed by atoms with Crippen molar-refractivity contribution in [3.05, 3.63) is 48.7 Å². The number of methoxy groups -OCH3 is 1. The van der Waals surface area contributed by atoms with Gasteiger partial charge in [0.05, 0.1) is 18.5 Å². The summed E-state index contributed by atoms with van der Waals surface area (Å²) in [5, 5.41) is 2.64. The lowest BCUT2D eigenvalue weighted by molar-refractivity contribution is -0.111.